The van der Waals surface area contributed by atoms with Gasteiger partial charge in [-0.15, -0.1) is 22.7 Å². The number of aromatic nitrogens is 1. The highest BCUT2D eigenvalue weighted by molar-refractivity contribution is 7.91. The van der Waals surface area contributed by atoms with Gasteiger partial charge in [0.25, 0.3) is 5.91 Å². The molecule has 3 rings (SSSR count). The van der Waals surface area contributed by atoms with Crippen LogP contribution in [0.2, 0.25) is 0 Å². The van der Waals surface area contributed by atoms with Crippen molar-refractivity contribution >= 4 is 44.4 Å². The van der Waals surface area contributed by atoms with E-state index in [4.69, 9.17) is 4.74 Å². The van der Waals surface area contributed by atoms with Gasteiger partial charge in [-0.05, 0) is 17.9 Å². The smallest absolute Gasteiger partial charge is 0.312 e. The van der Waals surface area contributed by atoms with E-state index in [9.17, 15) is 18.0 Å². The van der Waals surface area contributed by atoms with Crippen LogP contribution >= 0.6 is 22.7 Å². The molecule has 2 aromatic heterocycles. The lowest BCUT2D eigenvalue weighted by Gasteiger charge is -2.10. The predicted octanol–water partition coefficient (Wildman–Crippen LogP) is 1.26. The van der Waals surface area contributed by atoms with E-state index in [1.807, 2.05) is 17.5 Å². The van der Waals surface area contributed by atoms with Gasteiger partial charge in [-0.3, -0.25) is 9.59 Å². The highest BCUT2D eigenvalue weighted by atomic mass is 32.2. The number of carbonyl (C=O) groups is 2. The molecule has 1 atom stereocenters. The molecule has 10 heteroatoms. The van der Waals surface area contributed by atoms with Crippen molar-refractivity contribution in [2.75, 3.05) is 18.1 Å². The third kappa shape index (κ3) is 5.10. The summed E-state index contributed by atoms with van der Waals surface area (Å²) in [6.07, 6.45) is 0.388. The van der Waals surface area contributed by atoms with Crippen LogP contribution in [0.25, 0.3) is 9.88 Å². The quantitative estimate of drug-likeness (QED) is 0.733. The Morgan fingerprint density at radius 1 is 1.36 bits per heavy atom. The Morgan fingerprint density at radius 2 is 2.20 bits per heavy atom. The van der Waals surface area contributed by atoms with Crippen molar-refractivity contribution in [2.24, 2.45) is 0 Å². The fourth-order valence-electron chi connectivity index (χ4n) is 2.42. The molecular formula is C15H16N2O5S3. The second kappa shape index (κ2) is 7.63. The molecule has 0 aromatic carbocycles. The maximum absolute atomic E-state index is 11.8. The minimum atomic E-state index is -3.06. The van der Waals surface area contributed by atoms with Crippen LogP contribution in [-0.2, 0) is 30.6 Å². The van der Waals surface area contributed by atoms with Crippen LogP contribution < -0.4 is 5.32 Å². The summed E-state index contributed by atoms with van der Waals surface area (Å²) in [7, 11) is -3.06. The van der Waals surface area contributed by atoms with Crippen LogP contribution in [-0.4, -0.2) is 49.4 Å². The van der Waals surface area contributed by atoms with Crippen LogP contribution in [0.5, 0.6) is 0 Å². The average Bonchev–Trinajstić information content (AvgIpc) is 3.26. The first-order valence-corrected chi connectivity index (χ1v) is 11.1. The maximum atomic E-state index is 11.8. The van der Waals surface area contributed by atoms with Gasteiger partial charge >= 0.3 is 5.97 Å². The van der Waals surface area contributed by atoms with Gasteiger partial charge in [-0.25, -0.2) is 13.4 Å². The first-order chi connectivity index (χ1) is 11.9. The van der Waals surface area contributed by atoms with E-state index >= 15 is 0 Å². The Kier molecular flexibility index (Phi) is 5.50. The van der Waals surface area contributed by atoms with Gasteiger partial charge in [-0.1, -0.05) is 6.07 Å². The molecule has 7 nitrogen and oxygen atoms in total. The van der Waals surface area contributed by atoms with Gasteiger partial charge in [0.2, 0.25) is 0 Å². The Morgan fingerprint density at radius 3 is 2.88 bits per heavy atom. The molecule has 1 aliphatic heterocycles. The first kappa shape index (κ1) is 18.0. The zero-order valence-corrected chi connectivity index (χ0v) is 15.6. The van der Waals surface area contributed by atoms with E-state index in [0.717, 1.165) is 9.88 Å². The van der Waals surface area contributed by atoms with Crippen LogP contribution in [0, 0.1) is 0 Å². The topological polar surface area (TPSA) is 102 Å². The van der Waals surface area contributed by atoms with E-state index in [2.05, 4.69) is 10.3 Å². The van der Waals surface area contributed by atoms with Crippen molar-refractivity contribution in [3.8, 4) is 9.88 Å². The second-order valence-electron chi connectivity index (χ2n) is 5.63. The van der Waals surface area contributed by atoms with Gasteiger partial charge in [0.1, 0.15) is 5.01 Å². The number of amides is 1. The summed E-state index contributed by atoms with van der Waals surface area (Å²) in [6.45, 7) is -0.419. The van der Waals surface area contributed by atoms with Gasteiger partial charge in [0.05, 0.1) is 28.5 Å². The molecule has 1 saturated heterocycles. The molecule has 1 aliphatic rings. The number of esters is 1. The Balaban J connectivity index is 1.43. The minimum Gasteiger partial charge on any atom is -0.455 e. The second-order valence-corrected chi connectivity index (χ2v) is 9.66. The molecule has 134 valence electrons. The molecule has 0 saturated carbocycles. The highest BCUT2D eigenvalue weighted by Gasteiger charge is 2.29. The lowest BCUT2D eigenvalue weighted by Crippen LogP contribution is -2.38. The van der Waals surface area contributed by atoms with Crippen molar-refractivity contribution < 1.29 is 22.7 Å². The Hall–Kier alpha value is -1.78. The molecule has 25 heavy (non-hydrogen) atoms. The van der Waals surface area contributed by atoms with Crippen molar-refractivity contribution in [3.05, 3.63) is 28.6 Å². The monoisotopic (exact) mass is 400 g/mol. The molecule has 1 amide bonds. The number of nitrogens with one attached hydrogen (secondary N) is 1. The third-order valence-electron chi connectivity index (χ3n) is 3.57. The van der Waals surface area contributed by atoms with Crippen LogP contribution in [0.4, 0.5) is 0 Å². The summed E-state index contributed by atoms with van der Waals surface area (Å²) in [5.41, 5.74) is 0.598. The van der Waals surface area contributed by atoms with E-state index in [0.29, 0.717) is 12.1 Å². The summed E-state index contributed by atoms with van der Waals surface area (Å²) in [6, 6.07) is 3.49. The number of carbonyl (C=O) groups excluding carboxylic acids is 2. The summed E-state index contributed by atoms with van der Waals surface area (Å²) in [4.78, 5) is 29.0. The SMILES string of the molecule is O=C(COC(=O)Cc1csc(-c2cccs2)n1)N[C@H]1CCS(=O)(=O)C1. The largest absolute Gasteiger partial charge is 0.455 e. The normalized spacial score (nSPS) is 18.8. The zero-order chi connectivity index (χ0) is 17.9. The zero-order valence-electron chi connectivity index (χ0n) is 13.1. The summed E-state index contributed by atoms with van der Waals surface area (Å²) in [5.74, 6) is -1.02. The van der Waals surface area contributed by atoms with Gasteiger partial charge in [-0.2, -0.15) is 0 Å². The number of thiophene rings is 1. The lowest BCUT2D eigenvalue weighted by molar-refractivity contribution is -0.148. The van der Waals surface area contributed by atoms with Crippen LogP contribution in [0.15, 0.2) is 22.9 Å². The van der Waals surface area contributed by atoms with Crippen molar-refractivity contribution in [1.29, 1.82) is 0 Å². The molecular weight excluding hydrogens is 384 g/mol. The van der Waals surface area contributed by atoms with E-state index in [-0.39, 0.29) is 17.9 Å². The fraction of sp³-hybridized carbons (Fsp3) is 0.400. The summed E-state index contributed by atoms with van der Waals surface area (Å²) in [5, 5.41) is 7.16. The van der Waals surface area contributed by atoms with E-state index in [1.165, 1.54) is 11.3 Å². The van der Waals surface area contributed by atoms with Crippen LogP contribution in [0.1, 0.15) is 12.1 Å². The lowest BCUT2D eigenvalue weighted by atomic mass is 10.2. The number of hydrogen-bond acceptors (Lipinski definition) is 8. The maximum Gasteiger partial charge on any atom is 0.312 e. The number of nitrogens with zero attached hydrogens (tertiary/aromatic N) is 1. The van der Waals surface area contributed by atoms with Crippen LogP contribution in [0.3, 0.4) is 0 Å². The molecule has 0 spiro atoms. The third-order valence-corrected chi connectivity index (χ3v) is 7.27. The summed E-state index contributed by atoms with van der Waals surface area (Å²) >= 11 is 3.02. The molecule has 0 aliphatic carbocycles. The molecule has 2 aromatic rings. The number of hydrogen-bond donors (Lipinski definition) is 1. The minimum absolute atomic E-state index is 0.00698. The Labute approximate surface area is 153 Å². The standard InChI is InChI=1S/C15H16N2O5S3/c18-13(16-10-3-5-25(20,21)9-10)7-22-14(19)6-11-8-24-15(17-11)12-2-1-4-23-12/h1-2,4,8,10H,3,5-7,9H2,(H,16,18)/t10-/m0/s1. The van der Waals surface area contributed by atoms with Crippen molar-refractivity contribution in [3.63, 3.8) is 0 Å². The molecule has 3 heterocycles. The fourth-order valence-corrected chi connectivity index (χ4v) is 5.73. The number of sulfone groups is 1. The first-order valence-electron chi connectivity index (χ1n) is 7.55. The Bertz CT molecular complexity index is 858. The van der Waals surface area contributed by atoms with Crippen molar-refractivity contribution in [2.45, 2.75) is 18.9 Å². The average molecular weight is 401 g/mol. The number of ether oxygens (including phenoxy) is 1. The molecule has 0 bridgehead atoms. The van der Waals surface area contributed by atoms with E-state index in [1.54, 1.807) is 16.7 Å². The highest BCUT2D eigenvalue weighted by Crippen LogP contribution is 2.27. The van der Waals surface area contributed by atoms with E-state index < -0.39 is 34.4 Å². The number of thiazole rings is 1. The molecule has 1 fully saturated rings. The van der Waals surface area contributed by atoms with Crippen molar-refractivity contribution in [1.82, 2.24) is 10.3 Å². The van der Waals surface area contributed by atoms with Gasteiger partial charge < -0.3 is 10.1 Å². The van der Waals surface area contributed by atoms with Gasteiger partial charge in [0, 0.05) is 11.4 Å². The summed E-state index contributed by atoms with van der Waals surface area (Å²) < 4.78 is 27.6. The van der Waals surface area contributed by atoms with Gasteiger partial charge in [0.15, 0.2) is 16.4 Å². The molecule has 0 radical (unpaired) electrons. The number of rotatable bonds is 6. The molecule has 0 unspecified atom stereocenters. The predicted molar refractivity (Wildman–Crippen MR) is 95.3 cm³/mol. The molecule has 1 N–H and O–H groups in total.